The quantitative estimate of drug-likeness (QED) is 0.350. The molecule has 0 radical (unpaired) electrons. The molecule has 7 heteroatoms. The Labute approximate surface area is 94.8 Å². The van der Waals surface area contributed by atoms with E-state index in [-0.39, 0.29) is 11.3 Å². The molecule has 0 atom stereocenters. The van der Waals surface area contributed by atoms with E-state index in [1.165, 1.54) is 0 Å². The zero-order chi connectivity index (χ0) is 13.0. The van der Waals surface area contributed by atoms with E-state index >= 15 is 0 Å². The van der Waals surface area contributed by atoms with Gasteiger partial charge in [-0.25, -0.2) is 4.79 Å². The fourth-order valence-corrected chi connectivity index (χ4v) is 1.08. The van der Waals surface area contributed by atoms with E-state index in [1.807, 2.05) is 0 Å². The van der Waals surface area contributed by atoms with E-state index < -0.39 is 22.4 Å². The Hall–Kier alpha value is -2.70. The third kappa shape index (κ3) is 3.13. The van der Waals surface area contributed by atoms with Crippen LogP contribution in [0.4, 0.5) is 5.69 Å². The van der Waals surface area contributed by atoms with Gasteiger partial charge < -0.3 is 10.2 Å². The number of carbonyl (C=O) groups is 2. The smallest absolute Gasteiger partial charge is 0.328 e. The molecule has 0 heterocycles. The van der Waals surface area contributed by atoms with Gasteiger partial charge in [0.15, 0.2) is 5.78 Å². The first-order valence-electron chi connectivity index (χ1n) is 4.34. The molecule has 17 heavy (non-hydrogen) atoms. The lowest BCUT2D eigenvalue weighted by Crippen LogP contribution is -1.98. The third-order valence-corrected chi connectivity index (χ3v) is 1.83. The topological polar surface area (TPSA) is 118 Å². The van der Waals surface area contributed by atoms with Gasteiger partial charge >= 0.3 is 5.97 Å². The number of carboxylic acid groups (broad SMARTS) is 1. The number of allylic oxidation sites excluding steroid dienone is 1. The molecule has 0 aliphatic rings. The van der Waals surface area contributed by atoms with Gasteiger partial charge in [-0.3, -0.25) is 14.9 Å². The number of aromatic hydroxyl groups is 1. The molecule has 0 fully saturated rings. The Morgan fingerprint density at radius 3 is 2.41 bits per heavy atom. The summed E-state index contributed by atoms with van der Waals surface area (Å²) in [5.41, 5.74) is -0.561. The van der Waals surface area contributed by atoms with Gasteiger partial charge in [-0.05, 0) is 12.1 Å². The molecule has 1 aromatic carbocycles. The molecule has 0 aromatic heterocycles. The third-order valence-electron chi connectivity index (χ3n) is 1.83. The van der Waals surface area contributed by atoms with Crippen molar-refractivity contribution in [3.8, 4) is 5.75 Å². The average molecular weight is 237 g/mol. The monoisotopic (exact) mass is 237 g/mol. The summed E-state index contributed by atoms with van der Waals surface area (Å²) in [4.78, 5) is 31.2. The van der Waals surface area contributed by atoms with Crippen molar-refractivity contribution in [2.24, 2.45) is 0 Å². The number of phenols is 1. The van der Waals surface area contributed by atoms with Gasteiger partial charge in [0.1, 0.15) is 5.75 Å². The molecule has 0 saturated carbocycles. The normalized spacial score (nSPS) is 10.4. The Kier molecular flexibility index (Phi) is 3.55. The summed E-state index contributed by atoms with van der Waals surface area (Å²) < 4.78 is 0. The van der Waals surface area contributed by atoms with Crippen LogP contribution in [-0.2, 0) is 4.79 Å². The van der Waals surface area contributed by atoms with Crippen molar-refractivity contribution < 1.29 is 24.7 Å². The summed E-state index contributed by atoms with van der Waals surface area (Å²) in [6, 6.07) is 2.92. The molecule has 0 aliphatic carbocycles. The van der Waals surface area contributed by atoms with Gasteiger partial charge in [-0.1, -0.05) is 0 Å². The number of nitro groups is 1. The number of rotatable bonds is 4. The molecular weight excluding hydrogens is 230 g/mol. The molecule has 0 bridgehead atoms. The van der Waals surface area contributed by atoms with Crippen LogP contribution in [0.5, 0.6) is 5.75 Å². The van der Waals surface area contributed by atoms with Crippen molar-refractivity contribution in [1.29, 1.82) is 0 Å². The number of hydrogen-bond acceptors (Lipinski definition) is 5. The Balaban J connectivity index is 3.04. The summed E-state index contributed by atoms with van der Waals surface area (Å²) in [6.07, 6.45) is 1.37. The molecular formula is C10H7NO6. The van der Waals surface area contributed by atoms with Crippen LogP contribution < -0.4 is 0 Å². The minimum Gasteiger partial charge on any atom is -0.507 e. The molecule has 2 N–H and O–H groups in total. The first-order chi connectivity index (χ1) is 7.91. The van der Waals surface area contributed by atoms with E-state index in [1.54, 1.807) is 0 Å². The van der Waals surface area contributed by atoms with Gasteiger partial charge in [0.05, 0.1) is 16.6 Å². The maximum atomic E-state index is 11.4. The number of ketones is 1. The lowest BCUT2D eigenvalue weighted by atomic mass is 10.1. The summed E-state index contributed by atoms with van der Waals surface area (Å²) in [7, 11) is 0. The zero-order valence-electron chi connectivity index (χ0n) is 8.36. The highest BCUT2D eigenvalue weighted by atomic mass is 16.6. The van der Waals surface area contributed by atoms with E-state index in [4.69, 9.17) is 5.11 Å². The van der Waals surface area contributed by atoms with Crippen molar-refractivity contribution in [3.63, 3.8) is 0 Å². The Morgan fingerprint density at radius 1 is 1.29 bits per heavy atom. The second-order valence-corrected chi connectivity index (χ2v) is 2.99. The van der Waals surface area contributed by atoms with Crippen LogP contribution in [0.3, 0.4) is 0 Å². The van der Waals surface area contributed by atoms with Crippen molar-refractivity contribution >= 4 is 17.4 Å². The first-order valence-corrected chi connectivity index (χ1v) is 4.34. The molecule has 0 unspecified atom stereocenters. The van der Waals surface area contributed by atoms with Crippen molar-refractivity contribution in [1.82, 2.24) is 0 Å². The molecule has 0 spiro atoms. The average Bonchev–Trinajstić information content (AvgIpc) is 2.25. The predicted octanol–water partition coefficient (Wildman–Crippen LogP) is 1.12. The minimum atomic E-state index is -1.31. The van der Waals surface area contributed by atoms with E-state index in [9.17, 15) is 24.8 Å². The molecule has 1 rings (SSSR count). The van der Waals surface area contributed by atoms with Gasteiger partial charge in [0.2, 0.25) is 0 Å². The molecule has 7 nitrogen and oxygen atoms in total. The summed E-state index contributed by atoms with van der Waals surface area (Å²) in [5, 5.41) is 28.0. The minimum absolute atomic E-state index is 0.201. The number of phenolic OH excluding ortho intramolecular Hbond substituents is 1. The van der Waals surface area contributed by atoms with Gasteiger partial charge in [-0.15, -0.1) is 0 Å². The molecule has 88 valence electrons. The number of benzene rings is 1. The van der Waals surface area contributed by atoms with E-state index in [0.29, 0.717) is 6.08 Å². The van der Waals surface area contributed by atoms with Crippen molar-refractivity contribution in [2.45, 2.75) is 0 Å². The van der Waals surface area contributed by atoms with Gasteiger partial charge in [0.25, 0.3) is 5.69 Å². The maximum absolute atomic E-state index is 11.4. The largest absolute Gasteiger partial charge is 0.507 e. The first kappa shape index (κ1) is 12.4. The van der Waals surface area contributed by atoms with Crippen LogP contribution in [0.25, 0.3) is 0 Å². The van der Waals surface area contributed by atoms with Crippen LogP contribution in [0.1, 0.15) is 10.4 Å². The van der Waals surface area contributed by atoms with Crippen LogP contribution >= 0.6 is 0 Å². The highest BCUT2D eigenvalue weighted by Crippen LogP contribution is 2.23. The SMILES string of the molecule is O=C(O)/C=C/C(=O)c1ccc([N+](=O)[O-])cc1O. The number of nitrogens with zero attached hydrogens (tertiary/aromatic N) is 1. The van der Waals surface area contributed by atoms with E-state index in [2.05, 4.69) is 0 Å². The number of nitro benzene ring substituents is 1. The molecule has 0 saturated heterocycles. The van der Waals surface area contributed by atoms with Crippen molar-refractivity contribution in [2.75, 3.05) is 0 Å². The Morgan fingerprint density at radius 2 is 1.94 bits per heavy atom. The number of aliphatic carboxylic acids is 1. The number of non-ortho nitro benzene ring substituents is 1. The Bertz CT molecular complexity index is 520. The summed E-state index contributed by atoms with van der Waals surface area (Å²) in [5.74, 6) is -2.63. The lowest BCUT2D eigenvalue weighted by molar-refractivity contribution is -0.384. The van der Waals surface area contributed by atoms with Crippen LogP contribution in [0.2, 0.25) is 0 Å². The predicted molar refractivity (Wildman–Crippen MR) is 55.9 cm³/mol. The second-order valence-electron chi connectivity index (χ2n) is 2.99. The van der Waals surface area contributed by atoms with Crippen molar-refractivity contribution in [3.05, 3.63) is 46.0 Å². The van der Waals surface area contributed by atoms with Crippen LogP contribution in [-0.4, -0.2) is 26.9 Å². The molecule has 1 aromatic rings. The summed E-state index contributed by atoms with van der Waals surface area (Å²) in [6.45, 7) is 0. The molecule has 0 aliphatic heterocycles. The van der Waals surface area contributed by atoms with E-state index in [0.717, 1.165) is 24.3 Å². The highest BCUT2D eigenvalue weighted by molar-refractivity contribution is 6.08. The maximum Gasteiger partial charge on any atom is 0.328 e. The zero-order valence-corrected chi connectivity index (χ0v) is 8.36. The summed E-state index contributed by atoms with van der Waals surface area (Å²) >= 11 is 0. The van der Waals surface area contributed by atoms with Gasteiger partial charge in [-0.2, -0.15) is 0 Å². The fourth-order valence-electron chi connectivity index (χ4n) is 1.08. The number of hydrogen-bond donors (Lipinski definition) is 2. The van der Waals surface area contributed by atoms with Gasteiger partial charge in [0, 0.05) is 12.1 Å². The standard InChI is InChI=1S/C10H7NO6/c12-8(3-4-10(14)15)7-2-1-6(11(16)17)5-9(7)13/h1-5,13H,(H,14,15)/b4-3+. The van der Waals surface area contributed by atoms with Crippen LogP contribution in [0.15, 0.2) is 30.4 Å². The molecule has 0 amide bonds. The van der Waals surface area contributed by atoms with Crippen LogP contribution in [0, 0.1) is 10.1 Å². The second kappa shape index (κ2) is 4.88. The lowest BCUT2D eigenvalue weighted by Gasteiger charge is -1.99. The highest BCUT2D eigenvalue weighted by Gasteiger charge is 2.13. The number of carboxylic acids is 1. The fraction of sp³-hybridized carbons (Fsp3) is 0. The number of carbonyl (C=O) groups excluding carboxylic acids is 1.